The number of hydrogen-bond donors (Lipinski definition) is 2. The summed E-state index contributed by atoms with van der Waals surface area (Å²) in [5.41, 5.74) is -0.203. The van der Waals surface area contributed by atoms with E-state index in [1.165, 1.54) is 31.0 Å². The zero-order valence-electron chi connectivity index (χ0n) is 19.7. The van der Waals surface area contributed by atoms with Gasteiger partial charge in [-0.2, -0.15) is 0 Å². The van der Waals surface area contributed by atoms with Gasteiger partial charge in [-0.05, 0) is 74.8 Å². The van der Waals surface area contributed by atoms with E-state index in [2.05, 4.69) is 4.90 Å². The molecule has 0 radical (unpaired) electrons. The number of amides is 2. The third kappa shape index (κ3) is 2.31. The second kappa shape index (κ2) is 6.66. The largest absolute Gasteiger partial charge is 0.504 e. The Kier molecular flexibility index (Phi) is 3.91. The molecular weight excluding hydrogens is 463 g/mol. The molecular formula is C28H27FN2O5. The molecule has 8 rings (SSSR count). The molecule has 2 N–H and O–H groups in total. The molecule has 2 aromatic rings. The number of nitrogens with zero attached hydrogens (tertiary/aromatic N) is 2. The Morgan fingerprint density at radius 1 is 1.08 bits per heavy atom. The van der Waals surface area contributed by atoms with Gasteiger partial charge in [0.15, 0.2) is 11.5 Å². The van der Waals surface area contributed by atoms with Crippen LogP contribution in [-0.2, 0) is 11.8 Å². The standard InChI is InChI=1S/C28H27FN2O5/c29-17-3-1-2-16-21(17)26(34)31(25(16)33)18-8-9-28(35)20-12-15-6-7-19(32)23-22(15)27(28,24(18)36-23)10-11-30(20)13-14-4-5-14/h1-3,6-7,14,18,20,24,32,35H,4-5,8-13H2/t18-,20+,24-,27-,28?/m0/s1. The Hall–Kier alpha value is -2.97. The Balaban J connectivity index is 1.28. The predicted octanol–water partition coefficient (Wildman–Crippen LogP) is 2.76. The highest BCUT2D eigenvalue weighted by Crippen LogP contribution is 2.66. The number of imide groups is 1. The first kappa shape index (κ1) is 21.1. The average Bonchev–Trinajstić information content (AvgIpc) is 3.54. The van der Waals surface area contributed by atoms with Crippen molar-refractivity contribution in [3.05, 3.63) is 58.4 Å². The molecule has 3 aliphatic carbocycles. The van der Waals surface area contributed by atoms with E-state index in [4.69, 9.17) is 4.74 Å². The number of rotatable bonds is 3. The first-order valence-corrected chi connectivity index (χ1v) is 13.0. The van der Waals surface area contributed by atoms with Crippen LogP contribution in [0.1, 0.15) is 63.9 Å². The Labute approximate surface area is 207 Å². The van der Waals surface area contributed by atoms with Gasteiger partial charge >= 0.3 is 0 Å². The van der Waals surface area contributed by atoms with E-state index in [1.807, 2.05) is 6.07 Å². The summed E-state index contributed by atoms with van der Waals surface area (Å²) in [6, 6.07) is 6.91. The van der Waals surface area contributed by atoms with Gasteiger partial charge < -0.3 is 14.9 Å². The molecule has 186 valence electrons. The number of carbonyl (C=O) groups is 2. The van der Waals surface area contributed by atoms with Crippen molar-refractivity contribution >= 4 is 11.8 Å². The number of fused-ring (bicyclic) bond motifs is 1. The summed E-state index contributed by atoms with van der Waals surface area (Å²) in [4.78, 5) is 30.5. The van der Waals surface area contributed by atoms with E-state index < -0.39 is 40.8 Å². The maximum atomic E-state index is 14.6. The molecule has 2 amide bonds. The van der Waals surface area contributed by atoms with Crippen LogP contribution in [-0.4, -0.2) is 68.7 Å². The second-order valence-corrected chi connectivity index (χ2v) is 11.5. The SMILES string of the molecule is O=C1c2cccc(F)c2C(=O)N1[C@H]1CCC2(O)[C@H]3Cc4ccc(O)c5c4[C@@]2(CCN3CC2CC2)[C@H]1O5. The molecule has 2 aromatic carbocycles. The van der Waals surface area contributed by atoms with Crippen molar-refractivity contribution in [3.63, 3.8) is 0 Å². The van der Waals surface area contributed by atoms with Crippen LogP contribution >= 0.6 is 0 Å². The average molecular weight is 491 g/mol. The summed E-state index contributed by atoms with van der Waals surface area (Å²) in [5, 5.41) is 23.4. The van der Waals surface area contributed by atoms with E-state index in [0.717, 1.165) is 29.1 Å². The van der Waals surface area contributed by atoms with Crippen LogP contribution < -0.4 is 4.74 Å². The predicted molar refractivity (Wildman–Crippen MR) is 125 cm³/mol. The maximum Gasteiger partial charge on any atom is 0.264 e. The number of benzene rings is 2. The maximum absolute atomic E-state index is 14.6. The lowest BCUT2D eigenvalue weighted by molar-refractivity contribution is -0.196. The van der Waals surface area contributed by atoms with Crippen LogP contribution in [0, 0.1) is 11.7 Å². The number of phenolic OH excluding ortho intramolecular Hbond substituents is 1. The van der Waals surface area contributed by atoms with Crippen molar-refractivity contribution in [3.8, 4) is 11.5 Å². The highest BCUT2D eigenvalue weighted by Gasteiger charge is 2.74. The summed E-state index contributed by atoms with van der Waals surface area (Å²) < 4.78 is 21.1. The Morgan fingerprint density at radius 3 is 2.69 bits per heavy atom. The highest BCUT2D eigenvalue weighted by molar-refractivity contribution is 6.21. The number of aliphatic hydroxyl groups is 1. The number of hydrogen-bond acceptors (Lipinski definition) is 6. The van der Waals surface area contributed by atoms with Crippen LogP contribution in [0.3, 0.4) is 0 Å². The van der Waals surface area contributed by atoms with Crippen molar-refractivity contribution < 1.29 is 28.9 Å². The molecule has 3 fully saturated rings. The normalized spacial score (nSPS) is 36.1. The third-order valence-electron chi connectivity index (χ3n) is 9.96. The van der Waals surface area contributed by atoms with Gasteiger partial charge in [-0.1, -0.05) is 12.1 Å². The van der Waals surface area contributed by atoms with Crippen LogP contribution in [0.25, 0.3) is 0 Å². The Morgan fingerprint density at radius 2 is 1.92 bits per heavy atom. The van der Waals surface area contributed by atoms with E-state index in [0.29, 0.717) is 37.4 Å². The first-order chi connectivity index (χ1) is 17.3. The van der Waals surface area contributed by atoms with E-state index in [1.54, 1.807) is 6.07 Å². The fourth-order valence-electron chi connectivity index (χ4n) is 8.28. The van der Waals surface area contributed by atoms with Gasteiger partial charge in [0.2, 0.25) is 0 Å². The third-order valence-corrected chi connectivity index (χ3v) is 9.96. The molecule has 2 saturated carbocycles. The molecule has 36 heavy (non-hydrogen) atoms. The van der Waals surface area contributed by atoms with E-state index in [9.17, 15) is 24.2 Å². The lowest BCUT2D eigenvalue weighted by Gasteiger charge is -2.64. The van der Waals surface area contributed by atoms with Crippen molar-refractivity contribution in [1.29, 1.82) is 0 Å². The van der Waals surface area contributed by atoms with Gasteiger partial charge in [0.25, 0.3) is 11.8 Å². The highest BCUT2D eigenvalue weighted by atomic mass is 19.1. The minimum atomic E-state index is -1.11. The molecule has 5 atom stereocenters. The number of ether oxygens (including phenoxy) is 1. The lowest BCUT2D eigenvalue weighted by Crippen LogP contribution is -2.78. The van der Waals surface area contributed by atoms with Crippen LogP contribution in [0.15, 0.2) is 30.3 Å². The molecule has 1 unspecified atom stereocenters. The number of aromatic hydroxyl groups is 1. The zero-order valence-corrected chi connectivity index (χ0v) is 19.7. The van der Waals surface area contributed by atoms with E-state index in [-0.39, 0.29) is 22.9 Å². The van der Waals surface area contributed by atoms with Gasteiger partial charge in [0.1, 0.15) is 11.9 Å². The summed E-state index contributed by atoms with van der Waals surface area (Å²) in [5.74, 6) is -0.836. The number of piperidine rings is 1. The topological polar surface area (TPSA) is 90.3 Å². The lowest BCUT2D eigenvalue weighted by atomic mass is 9.48. The molecule has 3 heterocycles. The van der Waals surface area contributed by atoms with Gasteiger partial charge in [-0.25, -0.2) is 4.39 Å². The van der Waals surface area contributed by atoms with Crippen molar-refractivity contribution in [1.82, 2.24) is 9.80 Å². The molecule has 7 nitrogen and oxygen atoms in total. The molecule has 1 saturated heterocycles. The quantitative estimate of drug-likeness (QED) is 0.644. The summed E-state index contributed by atoms with van der Waals surface area (Å²) in [6.45, 7) is 1.75. The second-order valence-electron chi connectivity index (χ2n) is 11.5. The molecule has 6 aliphatic rings. The summed E-state index contributed by atoms with van der Waals surface area (Å²) in [6.07, 6.45) is 3.77. The number of carbonyl (C=O) groups excluding carboxylic acids is 2. The molecule has 0 aromatic heterocycles. The number of halogens is 1. The summed E-state index contributed by atoms with van der Waals surface area (Å²) >= 11 is 0. The van der Waals surface area contributed by atoms with Crippen molar-refractivity contribution in [2.45, 2.75) is 67.7 Å². The number of likely N-dealkylation sites (tertiary alicyclic amines) is 1. The summed E-state index contributed by atoms with van der Waals surface area (Å²) in [7, 11) is 0. The minimum Gasteiger partial charge on any atom is -0.504 e. The first-order valence-electron chi connectivity index (χ1n) is 13.0. The van der Waals surface area contributed by atoms with Gasteiger partial charge in [0, 0.05) is 18.2 Å². The van der Waals surface area contributed by atoms with Crippen molar-refractivity contribution in [2.75, 3.05) is 13.1 Å². The van der Waals surface area contributed by atoms with Gasteiger partial charge in [0.05, 0.1) is 28.2 Å². The minimum absolute atomic E-state index is 0.00545. The fourth-order valence-corrected chi connectivity index (χ4v) is 8.28. The van der Waals surface area contributed by atoms with E-state index >= 15 is 0 Å². The van der Waals surface area contributed by atoms with Crippen LogP contribution in [0.5, 0.6) is 11.5 Å². The zero-order chi connectivity index (χ0) is 24.6. The smallest absolute Gasteiger partial charge is 0.264 e. The number of phenols is 1. The fraction of sp³-hybridized carbons (Fsp3) is 0.500. The Bertz CT molecular complexity index is 1370. The monoisotopic (exact) mass is 490 g/mol. The van der Waals surface area contributed by atoms with Gasteiger partial charge in [-0.15, -0.1) is 0 Å². The molecule has 8 heteroatoms. The molecule has 2 bridgehead atoms. The van der Waals surface area contributed by atoms with Crippen LogP contribution in [0.2, 0.25) is 0 Å². The van der Waals surface area contributed by atoms with Crippen molar-refractivity contribution in [2.24, 2.45) is 5.92 Å². The molecule has 3 aliphatic heterocycles. The van der Waals surface area contributed by atoms with Gasteiger partial charge in [-0.3, -0.25) is 19.4 Å². The van der Waals surface area contributed by atoms with Crippen LogP contribution in [0.4, 0.5) is 4.39 Å². The molecule has 1 spiro atoms.